The maximum Gasteiger partial charge on any atom is 0.488 e. The third kappa shape index (κ3) is 9.21. The molecule has 1 unspecified atom stereocenters. The van der Waals surface area contributed by atoms with Crippen molar-refractivity contribution in [2.45, 2.75) is 25.3 Å². The van der Waals surface area contributed by atoms with E-state index in [0.717, 1.165) is 12.8 Å². The highest BCUT2D eigenvalue weighted by Gasteiger charge is 2.09. The summed E-state index contributed by atoms with van der Waals surface area (Å²) in [6, 6.07) is 7.94. The lowest BCUT2D eigenvalue weighted by molar-refractivity contribution is -0.138. The third-order valence-corrected chi connectivity index (χ3v) is 2.38. The predicted molar refractivity (Wildman–Crippen MR) is 74.8 cm³/mol. The van der Waals surface area contributed by atoms with E-state index in [1.807, 2.05) is 6.07 Å². The maximum absolute atomic E-state index is 10.1. The molecule has 0 saturated carbocycles. The molecule has 6 nitrogen and oxygen atoms in total. The Morgan fingerprint density at radius 1 is 1.21 bits per heavy atom. The van der Waals surface area contributed by atoms with Crippen LogP contribution in [0, 0.1) is 0 Å². The Kier molecular flexibility index (Phi) is 9.73. The highest BCUT2D eigenvalue weighted by atomic mass is 16.4. The fourth-order valence-corrected chi connectivity index (χ4v) is 1.26. The molecule has 0 heterocycles. The minimum absolute atomic E-state index is 0.520. The summed E-state index contributed by atoms with van der Waals surface area (Å²) in [7, 11) is -1.34. The highest BCUT2D eigenvalue weighted by molar-refractivity contribution is 6.58. The monoisotopic (exact) mass is 268 g/mol. The van der Waals surface area contributed by atoms with Crippen LogP contribution in [0.4, 0.5) is 0 Å². The van der Waals surface area contributed by atoms with Gasteiger partial charge >= 0.3 is 13.1 Å². The molecule has 0 saturated heterocycles. The summed E-state index contributed by atoms with van der Waals surface area (Å²) in [4.78, 5) is 10.1. The standard InChI is InChI=1S/C6H7BO2.C6H14N2O2/c8-7(9)6-4-2-1-3-5-6;7-4-2-1-3-5(8)6(9)10/h1-5,8-9H;5H,1-4,7-8H2,(H,9,10). The Bertz CT molecular complexity index is 349. The minimum atomic E-state index is -1.34. The average molecular weight is 268 g/mol. The van der Waals surface area contributed by atoms with Gasteiger partial charge in [0.05, 0.1) is 0 Å². The molecule has 1 rings (SSSR count). The lowest BCUT2D eigenvalue weighted by Crippen LogP contribution is -2.29. The van der Waals surface area contributed by atoms with Gasteiger partial charge in [-0.3, -0.25) is 4.79 Å². The van der Waals surface area contributed by atoms with Crippen LogP contribution >= 0.6 is 0 Å². The number of rotatable bonds is 6. The first-order valence-corrected chi connectivity index (χ1v) is 6.08. The first kappa shape index (κ1) is 17.6. The third-order valence-electron chi connectivity index (χ3n) is 2.38. The Morgan fingerprint density at radius 3 is 2.16 bits per heavy atom. The molecule has 0 amide bonds. The van der Waals surface area contributed by atoms with Crippen molar-refractivity contribution in [3.63, 3.8) is 0 Å². The van der Waals surface area contributed by atoms with Crippen molar-refractivity contribution in [2.75, 3.05) is 6.54 Å². The Labute approximate surface area is 113 Å². The zero-order valence-corrected chi connectivity index (χ0v) is 10.8. The molecular formula is C12H21BN2O4. The topological polar surface area (TPSA) is 130 Å². The van der Waals surface area contributed by atoms with Crippen molar-refractivity contribution in [3.05, 3.63) is 30.3 Å². The van der Waals surface area contributed by atoms with Crippen LogP contribution in [0.25, 0.3) is 0 Å². The van der Waals surface area contributed by atoms with Crippen molar-refractivity contribution in [3.8, 4) is 0 Å². The number of hydrogen-bond donors (Lipinski definition) is 5. The van der Waals surface area contributed by atoms with Gasteiger partial charge in [-0.15, -0.1) is 0 Å². The lowest BCUT2D eigenvalue weighted by atomic mass is 9.81. The van der Waals surface area contributed by atoms with Crippen molar-refractivity contribution in [2.24, 2.45) is 11.5 Å². The molecule has 19 heavy (non-hydrogen) atoms. The molecule has 0 aliphatic heterocycles. The van der Waals surface area contributed by atoms with Gasteiger partial charge in [0.1, 0.15) is 6.04 Å². The maximum atomic E-state index is 10.1. The molecular weight excluding hydrogens is 247 g/mol. The lowest BCUT2D eigenvalue weighted by Gasteiger charge is -2.03. The number of hydrogen-bond acceptors (Lipinski definition) is 5. The van der Waals surface area contributed by atoms with E-state index in [9.17, 15) is 4.79 Å². The van der Waals surface area contributed by atoms with Crippen molar-refractivity contribution in [1.82, 2.24) is 0 Å². The van der Waals surface area contributed by atoms with Crippen LogP contribution in [0.3, 0.4) is 0 Å². The summed E-state index contributed by atoms with van der Waals surface area (Å²) >= 11 is 0. The fourth-order valence-electron chi connectivity index (χ4n) is 1.26. The molecule has 1 aromatic carbocycles. The van der Waals surface area contributed by atoms with E-state index in [4.69, 9.17) is 26.6 Å². The molecule has 0 aromatic heterocycles. The van der Waals surface area contributed by atoms with Crippen molar-refractivity contribution < 1.29 is 19.9 Å². The smallest absolute Gasteiger partial charge is 0.480 e. The molecule has 0 fully saturated rings. The number of benzene rings is 1. The van der Waals surface area contributed by atoms with Gasteiger partial charge in [-0.1, -0.05) is 36.8 Å². The SMILES string of the molecule is NCCCCC(N)C(=O)O.OB(O)c1ccccc1. The number of aliphatic carboxylic acids is 1. The summed E-state index contributed by atoms with van der Waals surface area (Å²) in [5, 5.41) is 25.5. The summed E-state index contributed by atoms with van der Waals surface area (Å²) in [6.45, 7) is 0.604. The Hall–Kier alpha value is -1.41. The number of carbonyl (C=O) groups is 1. The first-order chi connectivity index (χ1) is 8.99. The van der Waals surface area contributed by atoms with Gasteiger partial charge in [-0.25, -0.2) is 0 Å². The van der Waals surface area contributed by atoms with E-state index < -0.39 is 19.1 Å². The number of carboxylic acids is 1. The van der Waals surface area contributed by atoms with Crippen LogP contribution in [0.1, 0.15) is 19.3 Å². The number of unbranched alkanes of at least 4 members (excludes halogenated alkanes) is 1. The van der Waals surface area contributed by atoms with E-state index in [-0.39, 0.29) is 0 Å². The quantitative estimate of drug-likeness (QED) is 0.328. The second kappa shape index (κ2) is 10.5. The highest BCUT2D eigenvalue weighted by Crippen LogP contribution is 1.96. The van der Waals surface area contributed by atoms with Crippen LogP contribution < -0.4 is 16.9 Å². The van der Waals surface area contributed by atoms with E-state index in [2.05, 4.69) is 0 Å². The zero-order chi connectivity index (χ0) is 14.7. The first-order valence-electron chi connectivity index (χ1n) is 6.08. The summed E-state index contributed by atoms with van der Waals surface area (Å²) in [6.07, 6.45) is 2.16. The van der Waals surface area contributed by atoms with Crippen molar-refractivity contribution in [1.29, 1.82) is 0 Å². The van der Waals surface area contributed by atoms with Gasteiger partial charge in [0.15, 0.2) is 0 Å². The molecule has 1 aromatic rings. The minimum Gasteiger partial charge on any atom is -0.480 e. The Morgan fingerprint density at radius 2 is 1.79 bits per heavy atom. The summed E-state index contributed by atoms with van der Waals surface area (Å²) < 4.78 is 0. The van der Waals surface area contributed by atoms with E-state index in [1.54, 1.807) is 24.3 Å². The van der Waals surface area contributed by atoms with Crippen molar-refractivity contribution >= 4 is 18.6 Å². The predicted octanol–water partition coefficient (Wildman–Crippen LogP) is -1.11. The molecule has 1 atom stereocenters. The van der Waals surface area contributed by atoms with E-state index in [0.29, 0.717) is 18.4 Å². The largest absolute Gasteiger partial charge is 0.488 e. The molecule has 7 N–H and O–H groups in total. The van der Waals surface area contributed by atoms with Crippen LogP contribution in [0.2, 0.25) is 0 Å². The molecule has 0 radical (unpaired) electrons. The average Bonchev–Trinajstić information content (AvgIpc) is 2.40. The Balaban J connectivity index is 0.000000342. The van der Waals surface area contributed by atoms with Crippen LogP contribution in [-0.4, -0.2) is 40.8 Å². The molecule has 0 spiro atoms. The van der Waals surface area contributed by atoms with Gasteiger partial charge in [0.2, 0.25) is 0 Å². The van der Waals surface area contributed by atoms with Crippen LogP contribution in [0.5, 0.6) is 0 Å². The van der Waals surface area contributed by atoms with Crippen LogP contribution in [-0.2, 0) is 4.79 Å². The molecule has 0 bridgehead atoms. The van der Waals surface area contributed by atoms with Gasteiger partial charge in [-0.05, 0) is 24.8 Å². The number of carboxylic acid groups (broad SMARTS) is 1. The normalized spacial score (nSPS) is 11.2. The van der Waals surface area contributed by atoms with E-state index in [1.165, 1.54) is 0 Å². The summed E-state index contributed by atoms with van der Waals surface area (Å²) in [5.74, 6) is -0.933. The second-order valence-corrected chi connectivity index (χ2v) is 4.01. The zero-order valence-electron chi connectivity index (χ0n) is 10.8. The summed E-state index contributed by atoms with van der Waals surface area (Å²) in [5.41, 5.74) is 10.9. The molecule has 7 heteroatoms. The second-order valence-electron chi connectivity index (χ2n) is 4.01. The fraction of sp³-hybridized carbons (Fsp3) is 0.417. The molecule has 0 aliphatic rings. The van der Waals surface area contributed by atoms with E-state index >= 15 is 0 Å². The van der Waals surface area contributed by atoms with Gasteiger partial charge in [-0.2, -0.15) is 0 Å². The van der Waals surface area contributed by atoms with Gasteiger partial charge < -0.3 is 26.6 Å². The van der Waals surface area contributed by atoms with Gasteiger partial charge in [0.25, 0.3) is 0 Å². The van der Waals surface area contributed by atoms with Crippen LogP contribution in [0.15, 0.2) is 30.3 Å². The van der Waals surface area contributed by atoms with Gasteiger partial charge in [0, 0.05) is 0 Å². The number of nitrogens with two attached hydrogens (primary N) is 2. The molecule has 0 aliphatic carbocycles. The molecule has 106 valence electrons.